The third-order valence-corrected chi connectivity index (χ3v) is 2.80. The van der Waals surface area contributed by atoms with E-state index in [2.05, 4.69) is 0 Å². The van der Waals surface area contributed by atoms with Crippen LogP contribution in [0.2, 0.25) is 0 Å². The summed E-state index contributed by atoms with van der Waals surface area (Å²) in [5.41, 5.74) is 1.11. The van der Waals surface area contributed by atoms with Crippen molar-refractivity contribution in [3.63, 3.8) is 0 Å². The Labute approximate surface area is 87.3 Å². The number of benzene rings is 1. The Balaban J connectivity index is 2.45. The summed E-state index contributed by atoms with van der Waals surface area (Å²) in [7, 11) is 0. The highest BCUT2D eigenvalue weighted by Crippen LogP contribution is 2.34. The summed E-state index contributed by atoms with van der Waals surface area (Å²) in [6, 6.07) is 9.82. The monoisotopic (exact) mass is 201 g/mol. The average Bonchev–Trinajstić information content (AvgIpc) is 2.64. The van der Waals surface area contributed by atoms with Crippen LogP contribution in [0.4, 0.5) is 0 Å². The van der Waals surface area contributed by atoms with Crippen LogP contribution in [-0.2, 0) is 10.5 Å². The van der Waals surface area contributed by atoms with E-state index in [0.29, 0.717) is 5.69 Å². The predicted octanol–water partition coefficient (Wildman–Crippen LogP) is 2.50. The minimum Gasteiger partial charge on any atom is -0.434 e. The van der Waals surface area contributed by atoms with Crippen LogP contribution in [0, 0.1) is 0 Å². The van der Waals surface area contributed by atoms with Crippen LogP contribution >= 0.6 is 0 Å². The number of para-hydroxylation sites is 1. The van der Waals surface area contributed by atoms with Gasteiger partial charge >= 0.3 is 5.97 Å². The van der Waals surface area contributed by atoms with Gasteiger partial charge in [-0.3, -0.25) is 4.57 Å². The molecule has 0 fully saturated rings. The molecule has 15 heavy (non-hydrogen) atoms. The lowest BCUT2D eigenvalue weighted by Crippen LogP contribution is -2.23. The minimum atomic E-state index is -0.574. The summed E-state index contributed by atoms with van der Waals surface area (Å²) in [4.78, 5) is 11.6. The highest BCUT2D eigenvalue weighted by atomic mass is 16.6. The molecule has 0 bridgehead atoms. The van der Waals surface area contributed by atoms with Crippen LogP contribution in [0.5, 0.6) is 0 Å². The van der Waals surface area contributed by atoms with E-state index in [-0.39, 0.29) is 5.97 Å². The molecule has 0 radical (unpaired) electrons. The Morgan fingerprint density at radius 2 is 2.00 bits per heavy atom. The van der Waals surface area contributed by atoms with Crippen LogP contribution in [0.1, 0.15) is 24.3 Å². The molecule has 0 saturated heterocycles. The Kier molecular flexibility index (Phi) is 1.38. The van der Waals surface area contributed by atoms with Gasteiger partial charge in [-0.1, -0.05) is 18.2 Å². The van der Waals surface area contributed by atoms with E-state index in [1.165, 1.54) is 0 Å². The average molecular weight is 201 g/mol. The number of fused-ring (bicyclic) bond motifs is 3. The first-order valence-electron chi connectivity index (χ1n) is 4.94. The maximum Gasteiger partial charge on any atom is 0.357 e. The van der Waals surface area contributed by atoms with E-state index in [1.807, 2.05) is 48.7 Å². The highest BCUT2D eigenvalue weighted by Gasteiger charge is 2.38. The summed E-state index contributed by atoms with van der Waals surface area (Å²) in [6.07, 6.45) is 0. The predicted molar refractivity (Wildman–Crippen MR) is 56.7 cm³/mol. The molecular formula is C12H11NO2. The van der Waals surface area contributed by atoms with Crippen molar-refractivity contribution in [2.45, 2.75) is 19.6 Å². The molecule has 0 N–H and O–H groups in total. The van der Waals surface area contributed by atoms with Crippen molar-refractivity contribution in [1.29, 1.82) is 0 Å². The van der Waals surface area contributed by atoms with Crippen molar-refractivity contribution in [2.75, 3.05) is 0 Å². The topological polar surface area (TPSA) is 31.2 Å². The molecule has 1 aromatic carbocycles. The van der Waals surface area contributed by atoms with Gasteiger partial charge in [0.25, 0.3) is 0 Å². The number of hydrogen-bond donors (Lipinski definition) is 0. The molecule has 0 spiro atoms. The molecule has 76 valence electrons. The number of carbonyl (C=O) groups is 1. The largest absolute Gasteiger partial charge is 0.434 e. The van der Waals surface area contributed by atoms with Gasteiger partial charge in [-0.15, -0.1) is 0 Å². The Bertz CT molecular complexity index is 566. The van der Waals surface area contributed by atoms with Gasteiger partial charge in [0.15, 0.2) is 5.72 Å². The Hall–Kier alpha value is -1.77. The van der Waals surface area contributed by atoms with Gasteiger partial charge in [0.2, 0.25) is 0 Å². The lowest BCUT2D eigenvalue weighted by molar-refractivity contribution is -0.0163. The van der Waals surface area contributed by atoms with Gasteiger partial charge in [0, 0.05) is 5.39 Å². The van der Waals surface area contributed by atoms with Crippen molar-refractivity contribution >= 4 is 16.9 Å². The van der Waals surface area contributed by atoms with Crippen LogP contribution in [0.15, 0.2) is 30.3 Å². The zero-order valence-electron chi connectivity index (χ0n) is 8.65. The maximum atomic E-state index is 11.6. The smallest absolute Gasteiger partial charge is 0.357 e. The van der Waals surface area contributed by atoms with Crippen molar-refractivity contribution in [1.82, 2.24) is 4.57 Å². The maximum absolute atomic E-state index is 11.6. The lowest BCUT2D eigenvalue weighted by atomic mass is 10.2. The number of esters is 1. The highest BCUT2D eigenvalue weighted by molar-refractivity contribution is 5.97. The van der Waals surface area contributed by atoms with Crippen molar-refractivity contribution < 1.29 is 9.53 Å². The second-order valence-corrected chi connectivity index (χ2v) is 4.26. The van der Waals surface area contributed by atoms with Gasteiger partial charge in [0.05, 0.1) is 5.52 Å². The quantitative estimate of drug-likeness (QED) is 0.613. The number of rotatable bonds is 0. The van der Waals surface area contributed by atoms with Crippen LogP contribution < -0.4 is 0 Å². The molecule has 3 nitrogen and oxygen atoms in total. The lowest BCUT2D eigenvalue weighted by Gasteiger charge is -2.20. The molecule has 0 saturated carbocycles. The van der Waals surface area contributed by atoms with Crippen LogP contribution in [0.25, 0.3) is 10.9 Å². The summed E-state index contributed by atoms with van der Waals surface area (Å²) in [5, 5.41) is 1.08. The van der Waals surface area contributed by atoms with E-state index in [1.54, 1.807) is 0 Å². The van der Waals surface area contributed by atoms with Gasteiger partial charge in [-0.25, -0.2) is 4.79 Å². The second kappa shape index (κ2) is 2.42. The minimum absolute atomic E-state index is 0.240. The van der Waals surface area contributed by atoms with Crippen molar-refractivity contribution in [3.8, 4) is 0 Å². The summed E-state index contributed by atoms with van der Waals surface area (Å²) < 4.78 is 7.24. The zero-order valence-corrected chi connectivity index (χ0v) is 8.65. The van der Waals surface area contributed by atoms with Crippen molar-refractivity contribution in [2.24, 2.45) is 0 Å². The molecule has 3 heteroatoms. The normalized spacial score (nSPS) is 17.9. The number of hydrogen-bond acceptors (Lipinski definition) is 2. The first-order valence-corrected chi connectivity index (χ1v) is 4.94. The fourth-order valence-corrected chi connectivity index (χ4v) is 2.21. The summed E-state index contributed by atoms with van der Waals surface area (Å²) >= 11 is 0. The first kappa shape index (κ1) is 8.53. The number of nitrogens with zero attached hydrogens (tertiary/aromatic N) is 1. The molecule has 0 aliphatic carbocycles. The standard InChI is InChI=1S/C12H11NO2/c1-12(2)13-9-6-4-3-5-8(9)7-10(13)11(14)15-12/h3-7H,1-2H3. The summed E-state index contributed by atoms with van der Waals surface area (Å²) in [5.74, 6) is -0.240. The Morgan fingerprint density at radius 3 is 2.80 bits per heavy atom. The van der Waals surface area contributed by atoms with E-state index < -0.39 is 5.72 Å². The zero-order chi connectivity index (χ0) is 10.6. The number of carbonyl (C=O) groups excluding carboxylic acids is 1. The van der Waals surface area contributed by atoms with E-state index in [0.717, 1.165) is 10.9 Å². The first-order chi connectivity index (χ1) is 7.09. The van der Waals surface area contributed by atoms with E-state index in [4.69, 9.17) is 4.74 Å². The van der Waals surface area contributed by atoms with E-state index in [9.17, 15) is 4.79 Å². The molecule has 0 amide bonds. The number of aromatic nitrogens is 1. The molecule has 2 aromatic rings. The molecule has 1 aliphatic rings. The Morgan fingerprint density at radius 1 is 1.27 bits per heavy atom. The third kappa shape index (κ3) is 0.975. The van der Waals surface area contributed by atoms with Crippen LogP contribution in [0.3, 0.4) is 0 Å². The molecule has 1 aliphatic heterocycles. The molecule has 0 unspecified atom stereocenters. The summed E-state index contributed by atoms with van der Waals surface area (Å²) in [6.45, 7) is 3.79. The third-order valence-electron chi connectivity index (χ3n) is 2.80. The number of cyclic esters (lactones) is 1. The van der Waals surface area contributed by atoms with Gasteiger partial charge in [0.1, 0.15) is 5.69 Å². The molecule has 2 heterocycles. The second-order valence-electron chi connectivity index (χ2n) is 4.26. The van der Waals surface area contributed by atoms with Crippen LogP contribution in [-0.4, -0.2) is 10.5 Å². The molecule has 3 rings (SSSR count). The SMILES string of the molecule is CC1(C)OC(=O)c2cc3ccccc3n21. The number of ether oxygens (including phenoxy) is 1. The molecule has 1 aromatic heterocycles. The van der Waals surface area contributed by atoms with Gasteiger partial charge < -0.3 is 4.74 Å². The van der Waals surface area contributed by atoms with Crippen molar-refractivity contribution in [3.05, 3.63) is 36.0 Å². The molecule has 0 atom stereocenters. The van der Waals surface area contributed by atoms with Gasteiger partial charge in [-0.2, -0.15) is 0 Å². The molecular weight excluding hydrogens is 190 g/mol. The fraction of sp³-hybridized carbons (Fsp3) is 0.250. The van der Waals surface area contributed by atoms with E-state index >= 15 is 0 Å². The fourth-order valence-electron chi connectivity index (χ4n) is 2.21. The van der Waals surface area contributed by atoms with Gasteiger partial charge in [-0.05, 0) is 26.0 Å².